The van der Waals surface area contributed by atoms with Crippen molar-refractivity contribution in [1.82, 2.24) is 4.90 Å². The van der Waals surface area contributed by atoms with Gasteiger partial charge < -0.3 is 14.4 Å². The van der Waals surface area contributed by atoms with Gasteiger partial charge in [0.05, 0.1) is 6.10 Å². The predicted octanol–water partition coefficient (Wildman–Crippen LogP) is 5.13. The number of fused-ring (bicyclic) bond motifs is 1. The van der Waals surface area contributed by atoms with E-state index in [9.17, 15) is 5.11 Å². The fourth-order valence-corrected chi connectivity index (χ4v) is 6.45. The molecule has 29 heavy (non-hydrogen) atoms. The van der Waals surface area contributed by atoms with Crippen LogP contribution < -0.4 is 4.43 Å². The van der Waals surface area contributed by atoms with E-state index in [0.29, 0.717) is 5.92 Å². The van der Waals surface area contributed by atoms with Crippen LogP contribution in [0.4, 0.5) is 0 Å². The number of hydrogen-bond donors (Lipinski definition) is 1. The number of nitrogens with zero attached hydrogens (tertiary/aromatic N) is 1. The van der Waals surface area contributed by atoms with Gasteiger partial charge in [-0.3, -0.25) is 0 Å². The average molecular weight is 415 g/mol. The molecule has 1 aromatic carbocycles. The van der Waals surface area contributed by atoms with Crippen molar-refractivity contribution >= 4 is 9.04 Å². The molecule has 3 atom stereocenters. The summed E-state index contributed by atoms with van der Waals surface area (Å²) in [5.41, 5.74) is 2.83. The van der Waals surface area contributed by atoms with E-state index >= 15 is 0 Å². The summed E-state index contributed by atoms with van der Waals surface area (Å²) in [5, 5.41) is 10.7. The van der Waals surface area contributed by atoms with Gasteiger partial charge in [0.2, 0.25) is 0 Å². The van der Waals surface area contributed by atoms with Crippen LogP contribution in [0.5, 0.6) is 5.75 Å². The molecule has 0 aromatic heterocycles. The van der Waals surface area contributed by atoms with Crippen LogP contribution in [0, 0.1) is 11.8 Å². The molecule has 0 bridgehead atoms. The second kappa shape index (κ2) is 8.01. The SMILES string of the molecule is C[Si](C)Oc1c(C(C)(C)C)cccc1C12CCN(CC3CC3)CC1CC[C@@H](O)C2. The van der Waals surface area contributed by atoms with E-state index < -0.39 is 9.04 Å². The van der Waals surface area contributed by atoms with Crippen molar-refractivity contribution in [3.8, 4) is 5.75 Å². The predicted molar refractivity (Wildman–Crippen MR) is 122 cm³/mol. The Kier molecular flexibility index (Phi) is 5.91. The van der Waals surface area contributed by atoms with Crippen molar-refractivity contribution in [1.29, 1.82) is 0 Å². The summed E-state index contributed by atoms with van der Waals surface area (Å²) in [7, 11) is -0.873. The van der Waals surface area contributed by atoms with Crippen molar-refractivity contribution in [2.45, 2.75) is 89.3 Å². The van der Waals surface area contributed by atoms with Crippen LogP contribution in [-0.4, -0.2) is 44.8 Å². The molecule has 4 heteroatoms. The topological polar surface area (TPSA) is 32.7 Å². The van der Waals surface area contributed by atoms with Crippen LogP contribution in [0.15, 0.2) is 18.2 Å². The molecule has 0 spiro atoms. The van der Waals surface area contributed by atoms with Crippen LogP contribution in [0.25, 0.3) is 0 Å². The van der Waals surface area contributed by atoms with Gasteiger partial charge in [-0.2, -0.15) is 0 Å². The molecule has 3 aliphatic rings. The molecule has 0 amide bonds. The zero-order chi connectivity index (χ0) is 20.8. The monoisotopic (exact) mass is 414 g/mol. The Morgan fingerprint density at radius 1 is 1.17 bits per heavy atom. The Morgan fingerprint density at radius 2 is 1.93 bits per heavy atom. The second-order valence-corrected chi connectivity index (χ2v) is 13.2. The number of hydrogen-bond acceptors (Lipinski definition) is 3. The maximum atomic E-state index is 10.7. The minimum absolute atomic E-state index is 0.0504. The Hall–Kier alpha value is -0.843. The van der Waals surface area contributed by atoms with Crippen molar-refractivity contribution in [2.75, 3.05) is 19.6 Å². The summed E-state index contributed by atoms with van der Waals surface area (Å²) in [6.45, 7) is 15.0. The number of aliphatic hydroxyl groups is 1. The Bertz CT molecular complexity index is 724. The van der Waals surface area contributed by atoms with Crippen molar-refractivity contribution in [2.24, 2.45) is 11.8 Å². The molecule has 2 saturated carbocycles. The molecule has 1 aliphatic heterocycles. The molecular weight excluding hydrogens is 374 g/mol. The third kappa shape index (κ3) is 4.45. The summed E-state index contributed by atoms with van der Waals surface area (Å²) >= 11 is 0. The molecule has 1 aromatic rings. The number of piperidine rings is 1. The number of para-hydroxylation sites is 1. The van der Waals surface area contributed by atoms with Gasteiger partial charge in [0.15, 0.2) is 0 Å². The van der Waals surface area contributed by atoms with Crippen LogP contribution in [-0.2, 0) is 10.8 Å². The summed E-state index contributed by atoms with van der Waals surface area (Å²) < 4.78 is 6.64. The number of rotatable bonds is 5. The first-order chi connectivity index (χ1) is 13.7. The molecule has 1 N–H and O–H groups in total. The molecule has 2 unspecified atom stereocenters. The third-order valence-electron chi connectivity index (χ3n) is 7.46. The normalized spacial score (nSPS) is 31.0. The quantitative estimate of drug-likeness (QED) is 0.678. The lowest BCUT2D eigenvalue weighted by Gasteiger charge is -2.53. The van der Waals surface area contributed by atoms with Crippen LogP contribution >= 0.6 is 0 Å². The lowest BCUT2D eigenvalue weighted by Crippen LogP contribution is -2.54. The van der Waals surface area contributed by atoms with E-state index in [2.05, 4.69) is 57.0 Å². The molecular formula is C25H40NO2Si. The van der Waals surface area contributed by atoms with E-state index in [0.717, 1.165) is 43.9 Å². The highest BCUT2D eigenvalue weighted by Gasteiger charge is 2.50. The summed E-state index contributed by atoms with van der Waals surface area (Å²) in [4.78, 5) is 2.72. The van der Waals surface area contributed by atoms with Crippen LogP contribution in [0.3, 0.4) is 0 Å². The molecule has 1 heterocycles. The molecule has 1 saturated heterocycles. The van der Waals surface area contributed by atoms with Gasteiger partial charge in [-0.1, -0.05) is 39.0 Å². The van der Waals surface area contributed by atoms with Gasteiger partial charge in [0, 0.05) is 18.5 Å². The first kappa shape index (κ1) is 21.4. The van der Waals surface area contributed by atoms with E-state index in [-0.39, 0.29) is 16.9 Å². The van der Waals surface area contributed by atoms with E-state index in [1.807, 2.05) is 0 Å². The molecule has 3 nitrogen and oxygen atoms in total. The van der Waals surface area contributed by atoms with Gasteiger partial charge in [-0.05, 0) is 86.5 Å². The fourth-order valence-electron chi connectivity index (χ4n) is 5.82. The lowest BCUT2D eigenvalue weighted by atomic mass is 9.58. The van der Waals surface area contributed by atoms with E-state index in [4.69, 9.17) is 4.43 Å². The first-order valence-corrected chi connectivity index (χ1v) is 14.1. The summed E-state index contributed by atoms with van der Waals surface area (Å²) in [6, 6.07) is 6.83. The number of likely N-dealkylation sites (tertiary alicyclic amines) is 1. The Labute approximate surface area is 179 Å². The van der Waals surface area contributed by atoms with E-state index in [1.54, 1.807) is 0 Å². The van der Waals surface area contributed by atoms with E-state index in [1.165, 1.54) is 37.1 Å². The molecule has 2 aliphatic carbocycles. The molecule has 161 valence electrons. The smallest absolute Gasteiger partial charge is 0.274 e. The van der Waals surface area contributed by atoms with Gasteiger partial charge in [-0.15, -0.1) is 0 Å². The maximum absolute atomic E-state index is 10.7. The van der Waals surface area contributed by atoms with Gasteiger partial charge >= 0.3 is 0 Å². The minimum Gasteiger partial charge on any atom is -0.542 e. The summed E-state index contributed by atoms with van der Waals surface area (Å²) in [5.74, 6) is 2.72. The average Bonchev–Trinajstić information content (AvgIpc) is 3.44. The van der Waals surface area contributed by atoms with Crippen LogP contribution in [0.2, 0.25) is 13.1 Å². The largest absolute Gasteiger partial charge is 0.542 e. The summed E-state index contributed by atoms with van der Waals surface area (Å²) in [6.07, 6.45) is 6.81. The molecule has 1 radical (unpaired) electrons. The standard InChI is InChI=1S/C25H40NO2Si/c1-24(2,3)21-7-6-8-22(23(21)28-29(4)5)25-13-14-26(16-18-9-10-18)17-19(25)11-12-20(27)15-25/h6-8,18-20,27H,9-17H2,1-5H3/t19?,20-,25?/m1/s1. The van der Waals surface area contributed by atoms with Crippen LogP contribution in [0.1, 0.15) is 70.4 Å². The Morgan fingerprint density at radius 3 is 2.59 bits per heavy atom. The minimum atomic E-state index is -0.873. The lowest BCUT2D eigenvalue weighted by molar-refractivity contribution is -0.00535. The van der Waals surface area contributed by atoms with Crippen molar-refractivity contribution in [3.05, 3.63) is 29.3 Å². The van der Waals surface area contributed by atoms with Crippen molar-refractivity contribution in [3.63, 3.8) is 0 Å². The fraction of sp³-hybridized carbons (Fsp3) is 0.760. The zero-order valence-corrected chi connectivity index (χ0v) is 20.1. The second-order valence-electron chi connectivity index (χ2n) is 11.2. The van der Waals surface area contributed by atoms with Crippen molar-refractivity contribution < 1.29 is 9.53 Å². The maximum Gasteiger partial charge on any atom is 0.274 e. The first-order valence-electron chi connectivity index (χ1n) is 11.7. The highest BCUT2D eigenvalue weighted by molar-refractivity contribution is 6.49. The molecule has 4 rings (SSSR count). The highest BCUT2D eigenvalue weighted by Crippen LogP contribution is 2.53. The highest BCUT2D eigenvalue weighted by atomic mass is 28.3. The zero-order valence-electron chi connectivity index (χ0n) is 19.1. The van der Waals surface area contributed by atoms with Gasteiger partial charge in [0.25, 0.3) is 9.04 Å². The number of aliphatic hydroxyl groups excluding tert-OH is 1. The Balaban J connectivity index is 1.75. The van der Waals surface area contributed by atoms with Gasteiger partial charge in [-0.25, -0.2) is 0 Å². The molecule has 3 fully saturated rings. The van der Waals surface area contributed by atoms with Gasteiger partial charge in [0.1, 0.15) is 5.75 Å². The third-order valence-corrected chi connectivity index (χ3v) is 8.07. The number of benzene rings is 1.